The second-order valence-corrected chi connectivity index (χ2v) is 5.61. The molecule has 3 nitrogen and oxygen atoms in total. The Morgan fingerprint density at radius 1 is 1.16 bits per heavy atom. The van der Waals surface area contributed by atoms with Crippen LogP contribution in [0.2, 0.25) is 0 Å². The minimum Gasteiger partial charge on any atom is -0.456 e. The van der Waals surface area contributed by atoms with Crippen LogP contribution >= 0.6 is 0 Å². The van der Waals surface area contributed by atoms with E-state index in [0.29, 0.717) is 12.0 Å². The normalized spacial score (nSPS) is 11.1. The van der Waals surface area contributed by atoms with Gasteiger partial charge in [0.2, 0.25) is 0 Å². The number of hydrogen-bond acceptors (Lipinski definition) is 3. The Morgan fingerprint density at radius 3 is 2.32 bits per heavy atom. The van der Waals surface area contributed by atoms with Gasteiger partial charge >= 0.3 is 5.97 Å². The number of aryl methyl sites for hydroxylation is 1. The molecule has 0 saturated heterocycles. The van der Waals surface area contributed by atoms with Crippen LogP contribution in [-0.4, -0.2) is 17.9 Å². The summed E-state index contributed by atoms with van der Waals surface area (Å²) in [6.07, 6.45) is 4.41. The maximum Gasteiger partial charge on any atom is 0.338 e. The van der Waals surface area contributed by atoms with Gasteiger partial charge in [-0.15, -0.1) is 0 Å². The molecule has 0 fully saturated rings. The summed E-state index contributed by atoms with van der Waals surface area (Å²) in [6, 6.07) is 7.48. The van der Waals surface area contributed by atoms with Gasteiger partial charge in [-0.1, -0.05) is 12.1 Å². The van der Waals surface area contributed by atoms with Gasteiger partial charge in [0, 0.05) is 6.42 Å². The molecular formula is C16H22O3. The molecule has 104 valence electrons. The molecule has 1 rings (SSSR count). The third kappa shape index (κ3) is 6.18. The number of benzene rings is 1. The third-order valence-corrected chi connectivity index (χ3v) is 2.63. The SMILES string of the molecule is CC(C)(C)OC(=O)c1ccc(CCCCC=O)cc1. The summed E-state index contributed by atoms with van der Waals surface area (Å²) in [5.41, 5.74) is 1.29. The van der Waals surface area contributed by atoms with Crippen LogP contribution in [0.5, 0.6) is 0 Å². The Kier molecular flexibility index (Phi) is 5.74. The molecular weight excluding hydrogens is 240 g/mol. The maximum atomic E-state index is 11.8. The zero-order valence-electron chi connectivity index (χ0n) is 11.9. The van der Waals surface area contributed by atoms with Crippen molar-refractivity contribution in [1.29, 1.82) is 0 Å². The van der Waals surface area contributed by atoms with E-state index in [9.17, 15) is 9.59 Å². The van der Waals surface area contributed by atoms with Gasteiger partial charge < -0.3 is 9.53 Å². The van der Waals surface area contributed by atoms with Crippen LogP contribution in [0.1, 0.15) is 56.0 Å². The van der Waals surface area contributed by atoms with Crippen LogP contribution in [-0.2, 0) is 16.0 Å². The van der Waals surface area contributed by atoms with Gasteiger partial charge in [0.05, 0.1) is 5.56 Å². The van der Waals surface area contributed by atoms with Gasteiger partial charge in [-0.2, -0.15) is 0 Å². The van der Waals surface area contributed by atoms with Crippen LogP contribution in [0.4, 0.5) is 0 Å². The van der Waals surface area contributed by atoms with Crippen molar-refractivity contribution < 1.29 is 14.3 Å². The van der Waals surface area contributed by atoms with Crippen molar-refractivity contribution in [2.24, 2.45) is 0 Å². The molecule has 0 atom stereocenters. The van der Waals surface area contributed by atoms with Crippen LogP contribution in [0, 0.1) is 0 Å². The van der Waals surface area contributed by atoms with Crippen LogP contribution in [0.15, 0.2) is 24.3 Å². The lowest BCUT2D eigenvalue weighted by Gasteiger charge is -2.19. The minimum absolute atomic E-state index is 0.292. The lowest BCUT2D eigenvalue weighted by molar-refractivity contribution is -0.107. The summed E-state index contributed by atoms with van der Waals surface area (Å²) in [5, 5.41) is 0. The van der Waals surface area contributed by atoms with E-state index in [-0.39, 0.29) is 5.97 Å². The zero-order valence-corrected chi connectivity index (χ0v) is 11.9. The van der Waals surface area contributed by atoms with E-state index in [0.717, 1.165) is 25.5 Å². The number of carbonyl (C=O) groups is 2. The zero-order chi connectivity index (χ0) is 14.3. The van der Waals surface area contributed by atoms with E-state index in [1.807, 2.05) is 32.9 Å². The van der Waals surface area contributed by atoms with Crippen LogP contribution < -0.4 is 0 Å². The van der Waals surface area contributed by atoms with Crippen molar-refractivity contribution in [2.45, 2.75) is 52.1 Å². The maximum absolute atomic E-state index is 11.8. The largest absolute Gasteiger partial charge is 0.456 e. The monoisotopic (exact) mass is 262 g/mol. The van der Waals surface area contributed by atoms with Gasteiger partial charge in [0.15, 0.2) is 0 Å². The van der Waals surface area contributed by atoms with E-state index >= 15 is 0 Å². The summed E-state index contributed by atoms with van der Waals surface area (Å²) in [4.78, 5) is 22.0. The Labute approximate surface area is 115 Å². The highest BCUT2D eigenvalue weighted by Gasteiger charge is 2.17. The highest BCUT2D eigenvalue weighted by molar-refractivity contribution is 5.89. The number of esters is 1. The van der Waals surface area contributed by atoms with Gasteiger partial charge in [-0.05, 0) is 57.7 Å². The second kappa shape index (κ2) is 7.07. The summed E-state index contributed by atoms with van der Waals surface area (Å²) in [6.45, 7) is 5.56. The molecule has 0 aliphatic rings. The van der Waals surface area contributed by atoms with Crippen LogP contribution in [0.3, 0.4) is 0 Å². The fraction of sp³-hybridized carbons (Fsp3) is 0.500. The first-order valence-electron chi connectivity index (χ1n) is 6.68. The van der Waals surface area contributed by atoms with Crippen molar-refractivity contribution >= 4 is 12.3 Å². The number of carbonyl (C=O) groups excluding carboxylic acids is 2. The quantitative estimate of drug-likeness (QED) is 0.447. The topological polar surface area (TPSA) is 43.4 Å². The standard InChI is InChI=1S/C16H22O3/c1-16(2,3)19-15(18)14-10-8-13(9-11-14)7-5-4-6-12-17/h8-12H,4-7H2,1-3H3. The second-order valence-electron chi connectivity index (χ2n) is 5.61. The fourth-order valence-corrected chi connectivity index (χ4v) is 1.70. The van der Waals surface area contributed by atoms with Gasteiger partial charge in [-0.3, -0.25) is 0 Å². The first-order chi connectivity index (χ1) is 8.92. The first-order valence-corrected chi connectivity index (χ1v) is 6.68. The van der Waals surface area contributed by atoms with Gasteiger partial charge in [0.25, 0.3) is 0 Å². The van der Waals surface area contributed by atoms with Crippen molar-refractivity contribution in [3.8, 4) is 0 Å². The van der Waals surface area contributed by atoms with Gasteiger partial charge in [0.1, 0.15) is 11.9 Å². The van der Waals surface area contributed by atoms with Crippen molar-refractivity contribution in [3.05, 3.63) is 35.4 Å². The van der Waals surface area contributed by atoms with Crippen LogP contribution in [0.25, 0.3) is 0 Å². The Balaban J connectivity index is 2.51. The van der Waals surface area contributed by atoms with E-state index < -0.39 is 5.60 Å². The first kappa shape index (κ1) is 15.4. The molecule has 3 heteroatoms. The molecule has 1 aromatic rings. The summed E-state index contributed by atoms with van der Waals surface area (Å²) in [5.74, 6) is -0.292. The molecule has 19 heavy (non-hydrogen) atoms. The number of aldehydes is 1. The van der Waals surface area contributed by atoms with Crippen molar-refractivity contribution in [2.75, 3.05) is 0 Å². The molecule has 0 aromatic heterocycles. The molecule has 0 unspecified atom stereocenters. The number of unbranched alkanes of at least 4 members (excludes halogenated alkanes) is 2. The molecule has 0 bridgehead atoms. The molecule has 0 heterocycles. The van der Waals surface area contributed by atoms with E-state index in [1.54, 1.807) is 12.1 Å². The smallest absolute Gasteiger partial charge is 0.338 e. The average molecular weight is 262 g/mol. The lowest BCUT2D eigenvalue weighted by atomic mass is 10.1. The highest BCUT2D eigenvalue weighted by Crippen LogP contribution is 2.14. The third-order valence-electron chi connectivity index (χ3n) is 2.63. The predicted molar refractivity (Wildman–Crippen MR) is 75.2 cm³/mol. The summed E-state index contributed by atoms with van der Waals surface area (Å²) < 4.78 is 5.30. The predicted octanol–water partition coefficient (Wildman–Crippen LogP) is 3.55. The highest BCUT2D eigenvalue weighted by atomic mass is 16.6. The van der Waals surface area contributed by atoms with E-state index in [2.05, 4.69) is 0 Å². The van der Waals surface area contributed by atoms with E-state index in [1.165, 1.54) is 5.56 Å². The molecule has 1 aromatic carbocycles. The molecule has 0 N–H and O–H groups in total. The molecule has 0 aliphatic carbocycles. The Morgan fingerprint density at radius 2 is 1.79 bits per heavy atom. The average Bonchev–Trinajstić information content (AvgIpc) is 2.33. The van der Waals surface area contributed by atoms with E-state index in [4.69, 9.17) is 4.74 Å². The lowest BCUT2D eigenvalue weighted by Crippen LogP contribution is -2.23. The molecule has 0 radical (unpaired) electrons. The Hall–Kier alpha value is -1.64. The molecule has 0 saturated carbocycles. The number of ether oxygens (including phenoxy) is 1. The number of rotatable bonds is 6. The Bertz CT molecular complexity index is 413. The summed E-state index contributed by atoms with van der Waals surface area (Å²) in [7, 11) is 0. The molecule has 0 spiro atoms. The minimum atomic E-state index is -0.468. The van der Waals surface area contributed by atoms with Crippen molar-refractivity contribution in [3.63, 3.8) is 0 Å². The van der Waals surface area contributed by atoms with Gasteiger partial charge in [-0.25, -0.2) is 4.79 Å². The molecule has 0 aliphatic heterocycles. The van der Waals surface area contributed by atoms with Crippen molar-refractivity contribution in [1.82, 2.24) is 0 Å². The fourth-order valence-electron chi connectivity index (χ4n) is 1.70. The summed E-state index contributed by atoms with van der Waals surface area (Å²) >= 11 is 0. The number of hydrogen-bond donors (Lipinski definition) is 0. The molecule has 0 amide bonds.